The predicted molar refractivity (Wildman–Crippen MR) is 114 cm³/mol. The first-order valence-electron chi connectivity index (χ1n) is 10.8. The molecular formula is C22H46O6. The second-order valence-corrected chi connectivity index (χ2v) is 8.04. The molecule has 0 atom stereocenters. The summed E-state index contributed by atoms with van der Waals surface area (Å²) >= 11 is 0. The van der Waals surface area contributed by atoms with Crippen LogP contribution in [0.1, 0.15) is 112 Å². The van der Waals surface area contributed by atoms with Gasteiger partial charge in [0.15, 0.2) is 6.29 Å². The molecule has 28 heavy (non-hydrogen) atoms. The molecule has 0 aromatic carbocycles. The quantitative estimate of drug-likeness (QED) is 0.225. The molecule has 0 aromatic rings. The van der Waals surface area contributed by atoms with Crippen molar-refractivity contribution in [2.24, 2.45) is 11.8 Å². The standard InChI is InChI=1S/2C9H18O2.C4H10O2/c2*1-8(2)6-4-3-5-7-9(10)11;1-2-3-4(5)6/h2*8H,3-7H2,1-2H3,(H,10,11);4-6H,2-3H2,1H3. The molecule has 0 saturated carbocycles. The van der Waals surface area contributed by atoms with E-state index in [4.69, 9.17) is 20.4 Å². The molecule has 0 aliphatic heterocycles. The summed E-state index contributed by atoms with van der Waals surface area (Å²) in [7, 11) is 0. The maximum absolute atomic E-state index is 10.1. The van der Waals surface area contributed by atoms with Crippen molar-refractivity contribution < 1.29 is 30.0 Å². The third kappa shape index (κ3) is 44.4. The second kappa shape index (κ2) is 23.9. The summed E-state index contributed by atoms with van der Waals surface area (Å²) in [5, 5.41) is 32.9. The van der Waals surface area contributed by atoms with Crippen molar-refractivity contribution in [2.45, 2.75) is 118 Å². The van der Waals surface area contributed by atoms with Crippen molar-refractivity contribution in [1.29, 1.82) is 0 Å². The Balaban J connectivity index is -0.000000351. The lowest BCUT2D eigenvalue weighted by Gasteiger charge is -2.02. The van der Waals surface area contributed by atoms with Gasteiger partial charge in [0.25, 0.3) is 0 Å². The van der Waals surface area contributed by atoms with Crippen LogP contribution >= 0.6 is 0 Å². The molecule has 0 spiro atoms. The van der Waals surface area contributed by atoms with Crippen LogP contribution in [0.2, 0.25) is 0 Å². The van der Waals surface area contributed by atoms with E-state index in [2.05, 4.69) is 27.7 Å². The molecule has 0 aliphatic rings. The lowest BCUT2D eigenvalue weighted by atomic mass is 10.0. The highest BCUT2D eigenvalue weighted by Crippen LogP contribution is 2.09. The number of aliphatic carboxylic acids is 2. The number of unbranched alkanes of at least 4 members (excludes halogenated alkanes) is 4. The Kier molecular flexibility index (Phi) is 26.9. The van der Waals surface area contributed by atoms with Gasteiger partial charge in [-0.1, -0.05) is 79.6 Å². The lowest BCUT2D eigenvalue weighted by molar-refractivity contribution is -0.138. The van der Waals surface area contributed by atoms with Crippen LogP contribution < -0.4 is 0 Å². The minimum Gasteiger partial charge on any atom is -0.481 e. The van der Waals surface area contributed by atoms with E-state index in [9.17, 15) is 9.59 Å². The number of aliphatic hydroxyl groups excluding tert-OH is 1. The molecule has 0 heterocycles. The molecule has 4 N–H and O–H groups in total. The summed E-state index contributed by atoms with van der Waals surface area (Å²) in [5.41, 5.74) is 0. The number of carboxylic acid groups (broad SMARTS) is 2. The zero-order valence-electron chi connectivity index (χ0n) is 18.8. The molecule has 6 nitrogen and oxygen atoms in total. The third-order valence-corrected chi connectivity index (χ3v) is 3.89. The van der Waals surface area contributed by atoms with E-state index in [0.29, 0.717) is 19.3 Å². The zero-order chi connectivity index (χ0) is 22.4. The fourth-order valence-corrected chi connectivity index (χ4v) is 2.27. The maximum Gasteiger partial charge on any atom is 0.303 e. The van der Waals surface area contributed by atoms with Crippen LogP contribution in [0.15, 0.2) is 0 Å². The molecule has 0 amide bonds. The monoisotopic (exact) mass is 406 g/mol. The molecule has 0 unspecified atom stereocenters. The topological polar surface area (TPSA) is 115 Å². The number of carboxylic acids is 2. The molecule has 6 heteroatoms. The smallest absolute Gasteiger partial charge is 0.303 e. The molecule has 0 aliphatic carbocycles. The predicted octanol–water partition coefficient (Wildman–Crippen LogP) is 5.45. The summed E-state index contributed by atoms with van der Waals surface area (Å²) in [5.74, 6) is 0.156. The van der Waals surface area contributed by atoms with Gasteiger partial charge in [-0.15, -0.1) is 0 Å². The number of hydrogen-bond donors (Lipinski definition) is 4. The van der Waals surface area contributed by atoms with Gasteiger partial charge in [0.2, 0.25) is 0 Å². The Bertz CT molecular complexity index is 312. The van der Waals surface area contributed by atoms with Crippen molar-refractivity contribution in [1.82, 2.24) is 0 Å². The summed E-state index contributed by atoms with van der Waals surface area (Å²) in [6.07, 6.45) is 9.46. The van der Waals surface area contributed by atoms with Gasteiger partial charge in [0, 0.05) is 12.8 Å². The number of hydrogen-bond acceptors (Lipinski definition) is 4. The minimum absolute atomic E-state index is 0.331. The molecule has 0 saturated heterocycles. The highest BCUT2D eigenvalue weighted by atomic mass is 16.5. The molecule has 0 fully saturated rings. The highest BCUT2D eigenvalue weighted by molar-refractivity contribution is 5.66. The molecule has 0 bridgehead atoms. The van der Waals surface area contributed by atoms with E-state index in [1.54, 1.807) is 0 Å². The molecule has 0 aromatic heterocycles. The van der Waals surface area contributed by atoms with Crippen LogP contribution in [0.3, 0.4) is 0 Å². The van der Waals surface area contributed by atoms with Crippen LogP contribution in [0, 0.1) is 11.8 Å². The summed E-state index contributed by atoms with van der Waals surface area (Å²) < 4.78 is 0. The first kappa shape index (κ1) is 31.6. The van der Waals surface area contributed by atoms with Crippen LogP contribution in [0.5, 0.6) is 0 Å². The van der Waals surface area contributed by atoms with Gasteiger partial charge in [-0.2, -0.15) is 0 Å². The van der Waals surface area contributed by atoms with Crippen molar-refractivity contribution in [3.05, 3.63) is 0 Å². The van der Waals surface area contributed by atoms with Gasteiger partial charge in [-0.25, -0.2) is 0 Å². The van der Waals surface area contributed by atoms with Gasteiger partial charge in [0.05, 0.1) is 0 Å². The van der Waals surface area contributed by atoms with E-state index < -0.39 is 18.2 Å². The second-order valence-electron chi connectivity index (χ2n) is 8.04. The van der Waals surface area contributed by atoms with Gasteiger partial charge >= 0.3 is 11.9 Å². The van der Waals surface area contributed by atoms with Crippen molar-refractivity contribution in [3.63, 3.8) is 0 Å². The summed E-state index contributed by atoms with van der Waals surface area (Å²) in [6.45, 7) is 10.7. The molecule has 170 valence electrons. The third-order valence-electron chi connectivity index (χ3n) is 3.89. The van der Waals surface area contributed by atoms with E-state index in [1.165, 1.54) is 25.7 Å². The average molecular weight is 407 g/mol. The number of aliphatic hydroxyl groups is 2. The molecule has 0 rings (SSSR count). The van der Waals surface area contributed by atoms with E-state index in [1.807, 2.05) is 6.92 Å². The Morgan fingerprint density at radius 2 is 1.00 bits per heavy atom. The highest BCUT2D eigenvalue weighted by Gasteiger charge is 1.98. The van der Waals surface area contributed by atoms with E-state index in [-0.39, 0.29) is 0 Å². The summed E-state index contributed by atoms with van der Waals surface area (Å²) in [4.78, 5) is 20.2. The average Bonchev–Trinajstić information content (AvgIpc) is 2.54. The fourth-order valence-electron chi connectivity index (χ4n) is 2.27. The Morgan fingerprint density at radius 3 is 1.18 bits per heavy atom. The largest absolute Gasteiger partial charge is 0.481 e. The number of carbonyl (C=O) groups is 2. The molecule has 0 radical (unpaired) electrons. The van der Waals surface area contributed by atoms with Crippen LogP contribution in [0.4, 0.5) is 0 Å². The van der Waals surface area contributed by atoms with Crippen LogP contribution in [0.25, 0.3) is 0 Å². The van der Waals surface area contributed by atoms with E-state index >= 15 is 0 Å². The van der Waals surface area contributed by atoms with Crippen molar-refractivity contribution in [3.8, 4) is 0 Å². The first-order chi connectivity index (χ1) is 13.0. The Morgan fingerprint density at radius 1 is 0.643 bits per heavy atom. The van der Waals surface area contributed by atoms with E-state index in [0.717, 1.165) is 43.9 Å². The van der Waals surface area contributed by atoms with Crippen molar-refractivity contribution >= 4 is 11.9 Å². The van der Waals surface area contributed by atoms with Crippen LogP contribution in [-0.2, 0) is 9.59 Å². The van der Waals surface area contributed by atoms with Gasteiger partial charge in [0.1, 0.15) is 0 Å². The summed E-state index contributed by atoms with van der Waals surface area (Å²) in [6, 6.07) is 0. The first-order valence-corrected chi connectivity index (χ1v) is 10.8. The molecular weight excluding hydrogens is 360 g/mol. The Hall–Kier alpha value is -1.14. The normalized spacial score (nSPS) is 10.4. The SMILES string of the molecule is CC(C)CCCCCC(=O)O.CC(C)CCCCCC(=O)O.CCCC(O)O. The van der Waals surface area contributed by atoms with Crippen molar-refractivity contribution in [2.75, 3.05) is 0 Å². The van der Waals surface area contributed by atoms with Gasteiger partial charge in [-0.3, -0.25) is 9.59 Å². The maximum atomic E-state index is 10.1. The van der Waals surface area contributed by atoms with Gasteiger partial charge in [-0.05, 0) is 31.1 Å². The lowest BCUT2D eigenvalue weighted by Crippen LogP contribution is -2.01. The van der Waals surface area contributed by atoms with Gasteiger partial charge < -0.3 is 20.4 Å². The zero-order valence-corrected chi connectivity index (χ0v) is 18.8. The Labute approximate surface area is 172 Å². The van der Waals surface area contributed by atoms with Crippen LogP contribution in [-0.4, -0.2) is 38.7 Å². The number of rotatable bonds is 14. The minimum atomic E-state index is -1.10. The fraction of sp³-hybridized carbons (Fsp3) is 0.909.